The first-order chi connectivity index (χ1) is 5.79. The molecular weight excluding hydrogens is 148 g/mol. The van der Waals surface area contributed by atoms with E-state index in [0.29, 0.717) is 12.2 Å². The van der Waals surface area contributed by atoms with Gasteiger partial charge < -0.3 is 0 Å². The van der Waals surface area contributed by atoms with Gasteiger partial charge in [0.25, 0.3) is 0 Å². The van der Waals surface area contributed by atoms with Crippen molar-refractivity contribution in [2.75, 3.05) is 0 Å². The number of Topliss-reactive ketones (excluding diaryl/α,β-unsaturated/α-hetero) is 1. The fourth-order valence-electron chi connectivity index (χ4n) is 1.85. The van der Waals surface area contributed by atoms with Crippen LogP contribution in [0.4, 0.5) is 0 Å². The van der Waals surface area contributed by atoms with Crippen LogP contribution in [0.2, 0.25) is 0 Å². The van der Waals surface area contributed by atoms with Crippen molar-refractivity contribution in [2.24, 2.45) is 0 Å². The zero-order valence-electron chi connectivity index (χ0n) is 7.26. The third-order valence-corrected chi connectivity index (χ3v) is 2.57. The van der Waals surface area contributed by atoms with Crippen LogP contribution < -0.4 is 0 Å². The monoisotopic (exact) mass is 160 g/mol. The van der Waals surface area contributed by atoms with Gasteiger partial charge in [-0.25, -0.2) is 0 Å². The molecule has 0 heterocycles. The van der Waals surface area contributed by atoms with Crippen LogP contribution in [0, 0.1) is 0 Å². The highest BCUT2D eigenvalue weighted by molar-refractivity contribution is 6.03. The average Bonchev–Trinajstić information content (AvgIpc) is 2.30. The molecule has 0 unspecified atom stereocenters. The lowest BCUT2D eigenvalue weighted by molar-refractivity contribution is -0.114. The Morgan fingerprint density at radius 3 is 3.00 bits per heavy atom. The van der Waals surface area contributed by atoms with Gasteiger partial charge in [0.2, 0.25) is 0 Å². The molecule has 1 nitrogen and oxygen atoms in total. The Hall–Kier alpha value is -1.11. The second-order valence-corrected chi connectivity index (χ2v) is 3.39. The van der Waals surface area contributed by atoms with E-state index in [2.05, 4.69) is 13.0 Å². The number of rotatable bonds is 0. The number of fused-ring (bicyclic) bond motifs is 1. The summed E-state index contributed by atoms with van der Waals surface area (Å²) >= 11 is 0. The molecule has 0 spiro atoms. The topological polar surface area (TPSA) is 17.1 Å². The third-order valence-electron chi connectivity index (χ3n) is 2.57. The zero-order valence-corrected chi connectivity index (χ0v) is 7.26. The smallest absolute Gasteiger partial charge is 0.163 e. The first-order valence-electron chi connectivity index (χ1n) is 4.38. The third kappa shape index (κ3) is 1.06. The lowest BCUT2D eigenvalue weighted by Crippen LogP contribution is -1.92. The molecule has 1 heteroatoms. The second-order valence-electron chi connectivity index (χ2n) is 3.39. The Kier molecular flexibility index (Phi) is 1.72. The van der Waals surface area contributed by atoms with Crippen molar-refractivity contribution < 1.29 is 4.79 Å². The van der Waals surface area contributed by atoms with E-state index in [4.69, 9.17) is 0 Å². The molecule has 62 valence electrons. The van der Waals surface area contributed by atoms with Crippen molar-refractivity contribution in [3.05, 3.63) is 34.9 Å². The number of hydrogen-bond acceptors (Lipinski definition) is 1. The predicted molar refractivity (Wildman–Crippen MR) is 48.8 cm³/mol. The van der Waals surface area contributed by atoms with Gasteiger partial charge in [0.05, 0.1) is 0 Å². The van der Waals surface area contributed by atoms with Gasteiger partial charge in [0.1, 0.15) is 0 Å². The van der Waals surface area contributed by atoms with E-state index in [0.717, 1.165) is 18.4 Å². The summed E-state index contributed by atoms with van der Waals surface area (Å²) < 4.78 is 0. The number of hydrogen-bond donors (Lipinski definition) is 0. The van der Waals surface area contributed by atoms with Gasteiger partial charge in [0.15, 0.2) is 5.78 Å². The van der Waals surface area contributed by atoms with Crippen molar-refractivity contribution in [1.82, 2.24) is 0 Å². The van der Waals surface area contributed by atoms with E-state index >= 15 is 0 Å². The van der Waals surface area contributed by atoms with Gasteiger partial charge in [-0.1, -0.05) is 23.8 Å². The van der Waals surface area contributed by atoms with E-state index in [1.165, 1.54) is 11.1 Å². The second kappa shape index (κ2) is 2.74. The fraction of sp³-hybridized carbons (Fsp3) is 0.364. The number of carbonyl (C=O) groups is 1. The molecule has 1 saturated carbocycles. The Bertz CT molecular complexity index is 316. The molecule has 0 N–H and O–H groups in total. The van der Waals surface area contributed by atoms with E-state index < -0.39 is 0 Å². The highest BCUT2D eigenvalue weighted by Gasteiger charge is 2.23. The summed E-state index contributed by atoms with van der Waals surface area (Å²) in [6.07, 6.45) is 8.74. The molecular formula is C11H12O. The van der Waals surface area contributed by atoms with Crippen LogP contribution in [-0.2, 0) is 4.79 Å². The van der Waals surface area contributed by atoms with E-state index in [1.807, 2.05) is 12.2 Å². The van der Waals surface area contributed by atoms with Gasteiger partial charge in [-0.15, -0.1) is 0 Å². The first kappa shape index (κ1) is 7.53. The summed E-state index contributed by atoms with van der Waals surface area (Å²) in [4.78, 5) is 11.4. The van der Waals surface area contributed by atoms with Crippen LogP contribution in [-0.4, -0.2) is 5.78 Å². The van der Waals surface area contributed by atoms with E-state index in [1.54, 1.807) is 0 Å². The minimum absolute atomic E-state index is 0.316. The highest BCUT2D eigenvalue weighted by Crippen LogP contribution is 2.32. The summed E-state index contributed by atoms with van der Waals surface area (Å²) in [6.45, 7) is 2.12. The molecule has 2 aliphatic rings. The number of allylic oxidation sites excluding steroid dienone is 6. The van der Waals surface area contributed by atoms with Crippen molar-refractivity contribution >= 4 is 5.78 Å². The Morgan fingerprint density at radius 2 is 2.17 bits per heavy atom. The lowest BCUT2D eigenvalue weighted by Gasteiger charge is -2.01. The minimum atomic E-state index is 0.316. The normalized spacial score (nSPS) is 22.4. The van der Waals surface area contributed by atoms with Gasteiger partial charge in [0, 0.05) is 12.0 Å². The molecule has 0 aromatic heterocycles. The van der Waals surface area contributed by atoms with Crippen LogP contribution in [0.5, 0.6) is 0 Å². The maximum atomic E-state index is 11.4. The molecule has 0 aromatic rings. The average molecular weight is 160 g/mol. The minimum Gasteiger partial charge on any atom is -0.294 e. The summed E-state index contributed by atoms with van der Waals surface area (Å²) in [5.74, 6) is 0.316. The van der Waals surface area contributed by atoms with Crippen molar-refractivity contribution in [2.45, 2.75) is 26.2 Å². The molecule has 2 rings (SSSR count). The molecule has 12 heavy (non-hydrogen) atoms. The molecule has 1 fully saturated rings. The summed E-state index contributed by atoms with van der Waals surface area (Å²) in [6, 6.07) is 0. The van der Waals surface area contributed by atoms with Gasteiger partial charge in [-0.2, -0.15) is 0 Å². The standard InChI is InChI=1S/C11H12O/c1-8-4-2-3-5-10-9(8)6-7-11(10)12/h2-3,5H,4,6-7H2,1H3. The van der Waals surface area contributed by atoms with Crippen molar-refractivity contribution in [3.8, 4) is 0 Å². The number of ketones is 1. The maximum absolute atomic E-state index is 11.4. The van der Waals surface area contributed by atoms with E-state index in [-0.39, 0.29) is 0 Å². The highest BCUT2D eigenvalue weighted by atomic mass is 16.1. The molecule has 0 radical (unpaired) electrons. The largest absolute Gasteiger partial charge is 0.294 e. The Morgan fingerprint density at radius 1 is 1.33 bits per heavy atom. The molecule has 0 saturated heterocycles. The van der Waals surface area contributed by atoms with Crippen LogP contribution in [0.25, 0.3) is 0 Å². The fourth-order valence-corrected chi connectivity index (χ4v) is 1.85. The quantitative estimate of drug-likeness (QED) is 0.532. The van der Waals surface area contributed by atoms with Crippen LogP contribution >= 0.6 is 0 Å². The Balaban J connectivity index is 2.51. The lowest BCUT2D eigenvalue weighted by atomic mass is 10.0. The Labute approximate surface area is 72.5 Å². The molecule has 0 aromatic carbocycles. The maximum Gasteiger partial charge on any atom is 0.163 e. The summed E-state index contributed by atoms with van der Waals surface area (Å²) in [7, 11) is 0. The summed E-state index contributed by atoms with van der Waals surface area (Å²) in [5, 5.41) is 0. The molecule has 0 bridgehead atoms. The van der Waals surface area contributed by atoms with Crippen LogP contribution in [0.1, 0.15) is 26.2 Å². The summed E-state index contributed by atoms with van der Waals surface area (Å²) in [5.41, 5.74) is 3.62. The van der Waals surface area contributed by atoms with Crippen LogP contribution in [0.3, 0.4) is 0 Å². The van der Waals surface area contributed by atoms with Gasteiger partial charge >= 0.3 is 0 Å². The van der Waals surface area contributed by atoms with Gasteiger partial charge in [-0.3, -0.25) is 4.79 Å². The SMILES string of the molecule is CC1=C2CCC(=O)C2=CC=CC1. The molecule has 2 aliphatic carbocycles. The van der Waals surface area contributed by atoms with Crippen molar-refractivity contribution in [1.29, 1.82) is 0 Å². The molecule has 0 aliphatic heterocycles. The van der Waals surface area contributed by atoms with E-state index in [9.17, 15) is 4.79 Å². The zero-order chi connectivity index (χ0) is 8.55. The first-order valence-corrected chi connectivity index (χ1v) is 4.38. The molecule has 0 atom stereocenters. The van der Waals surface area contributed by atoms with Gasteiger partial charge in [-0.05, 0) is 25.3 Å². The predicted octanol–water partition coefficient (Wildman–Crippen LogP) is 2.55. The molecule has 0 amide bonds. The van der Waals surface area contributed by atoms with Crippen LogP contribution in [0.15, 0.2) is 34.9 Å². The number of carbonyl (C=O) groups excluding carboxylic acids is 1. The van der Waals surface area contributed by atoms with Crippen molar-refractivity contribution in [3.63, 3.8) is 0 Å².